The van der Waals surface area contributed by atoms with Crippen molar-refractivity contribution in [3.8, 4) is 0 Å². The molecule has 5 heteroatoms. The summed E-state index contributed by atoms with van der Waals surface area (Å²) in [6, 6.07) is 7.93. The minimum absolute atomic E-state index is 0.133. The summed E-state index contributed by atoms with van der Waals surface area (Å²) in [6.07, 6.45) is 3.73. The van der Waals surface area contributed by atoms with Gasteiger partial charge in [-0.1, -0.05) is 6.07 Å². The molecule has 5 nitrogen and oxygen atoms in total. The van der Waals surface area contributed by atoms with E-state index >= 15 is 0 Å². The van der Waals surface area contributed by atoms with Crippen LogP contribution >= 0.6 is 0 Å². The maximum absolute atomic E-state index is 12.2. The van der Waals surface area contributed by atoms with E-state index in [2.05, 4.69) is 5.32 Å². The Morgan fingerprint density at radius 2 is 2.36 bits per heavy atom. The Bertz CT molecular complexity index is 659. The molecule has 0 aliphatic carbocycles. The van der Waals surface area contributed by atoms with Crippen molar-refractivity contribution < 1.29 is 14.3 Å². The van der Waals surface area contributed by atoms with Crippen LogP contribution in [0.5, 0.6) is 0 Å². The fraction of sp³-hybridized carbons (Fsp3) is 0.471. The van der Waals surface area contributed by atoms with Gasteiger partial charge in [0.2, 0.25) is 0 Å². The average Bonchev–Trinajstić information content (AvgIpc) is 3.15. The highest BCUT2D eigenvalue weighted by Crippen LogP contribution is 2.20. The van der Waals surface area contributed by atoms with Gasteiger partial charge in [0.15, 0.2) is 0 Å². The van der Waals surface area contributed by atoms with Crippen molar-refractivity contribution >= 4 is 22.5 Å². The molecule has 3 rings (SSSR count). The van der Waals surface area contributed by atoms with E-state index in [1.165, 1.54) is 0 Å². The first-order valence-corrected chi connectivity index (χ1v) is 7.72. The molecule has 2 atom stereocenters. The van der Waals surface area contributed by atoms with Crippen LogP contribution in [0.4, 0.5) is 5.69 Å². The Balaban J connectivity index is 1.58. The lowest BCUT2D eigenvalue weighted by atomic mass is 10.2. The summed E-state index contributed by atoms with van der Waals surface area (Å²) in [6.45, 7) is 3.04. The molecule has 0 radical (unpaired) electrons. The van der Waals surface area contributed by atoms with E-state index in [0.29, 0.717) is 6.61 Å². The second-order valence-corrected chi connectivity index (χ2v) is 5.80. The van der Waals surface area contributed by atoms with Crippen LogP contribution in [-0.2, 0) is 21.3 Å². The molecule has 1 aromatic heterocycles. The van der Waals surface area contributed by atoms with Gasteiger partial charge in [0.1, 0.15) is 6.10 Å². The van der Waals surface area contributed by atoms with Crippen LogP contribution in [0.25, 0.3) is 10.9 Å². The molecule has 1 saturated heterocycles. The first kappa shape index (κ1) is 15.1. The summed E-state index contributed by atoms with van der Waals surface area (Å²) in [4.78, 5) is 12.2. The largest absolute Gasteiger partial charge is 0.376 e. The number of aromatic nitrogens is 1. The first-order chi connectivity index (χ1) is 10.6. The zero-order valence-corrected chi connectivity index (χ0v) is 13.0. The minimum atomic E-state index is -0.492. The molecule has 1 aliphatic heterocycles. The van der Waals surface area contributed by atoms with Gasteiger partial charge in [0.25, 0.3) is 5.91 Å². The van der Waals surface area contributed by atoms with Gasteiger partial charge < -0.3 is 19.4 Å². The number of hydrogen-bond acceptors (Lipinski definition) is 3. The van der Waals surface area contributed by atoms with Crippen LogP contribution in [0.15, 0.2) is 30.5 Å². The molecular weight excluding hydrogens is 280 g/mol. The van der Waals surface area contributed by atoms with Crippen LogP contribution in [0.3, 0.4) is 0 Å². The Labute approximate surface area is 130 Å². The molecule has 1 aliphatic rings. The second kappa shape index (κ2) is 6.50. The molecular formula is C17H22N2O3. The fourth-order valence-electron chi connectivity index (χ4n) is 2.69. The molecule has 0 bridgehead atoms. The summed E-state index contributed by atoms with van der Waals surface area (Å²) < 4.78 is 13.1. The number of carbonyl (C=O) groups is 1. The van der Waals surface area contributed by atoms with E-state index in [9.17, 15) is 4.79 Å². The lowest BCUT2D eigenvalue weighted by Crippen LogP contribution is -2.30. The molecule has 118 valence electrons. The van der Waals surface area contributed by atoms with Crippen LogP contribution in [0.1, 0.15) is 19.8 Å². The summed E-state index contributed by atoms with van der Waals surface area (Å²) in [5, 5.41) is 4.06. The summed E-state index contributed by atoms with van der Waals surface area (Å²) in [5.74, 6) is -0.133. The molecule has 2 aromatic rings. The van der Waals surface area contributed by atoms with Crippen LogP contribution in [0, 0.1) is 0 Å². The van der Waals surface area contributed by atoms with Gasteiger partial charge in [0, 0.05) is 31.1 Å². The number of fused-ring (bicyclic) bond motifs is 1. The third-order valence-electron chi connectivity index (χ3n) is 4.08. The Morgan fingerprint density at radius 3 is 3.14 bits per heavy atom. The normalized spacial score (nSPS) is 19.5. The standard InChI is InChI=1S/C17H22N2O3/c1-12(22-11-15-4-3-9-21-15)17(20)18-14-6-5-13-7-8-19(2)16(13)10-14/h5-8,10,12,15H,3-4,9,11H2,1-2H3,(H,18,20). The van der Waals surface area contributed by atoms with Crippen molar-refractivity contribution in [3.05, 3.63) is 30.5 Å². The number of ether oxygens (including phenoxy) is 2. The van der Waals surface area contributed by atoms with E-state index in [0.717, 1.165) is 36.0 Å². The quantitative estimate of drug-likeness (QED) is 0.924. The maximum atomic E-state index is 12.2. The van der Waals surface area contributed by atoms with Crippen LogP contribution < -0.4 is 5.32 Å². The van der Waals surface area contributed by atoms with Crippen molar-refractivity contribution in [1.29, 1.82) is 0 Å². The number of nitrogens with one attached hydrogen (secondary N) is 1. The lowest BCUT2D eigenvalue weighted by Gasteiger charge is -2.16. The number of rotatable bonds is 5. The van der Waals surface area contributed by atoms with Crippen molar-refractivity contribution in [2.45, 2.75) is 32.0 Å². The zero-order chi connectivity index (χ0) is 15.5. The number of anilines is 1. The van der Waals surface area contributed by atoms with E-state index in [1.807, 2.05) is 42.1 Å². The summed E-state index contributed by atoms with van der Waals surface area (Å²) in [5.41, 5.74) is 1.87. The summed E-state index contributed by atoms with van der Waals surface area (Å²) in [7, 11) is 1.99. The number of hydrogen-bond donors (Lipinski definition) is 1. The van der Waals surface area contributed by atoms with Gasteiger partial charge in [0.05, 0.1) is 12.7 Å². The van der Waals surface area contributed by atoms with E-state index in [1.54, 1.807) is 6.92 Å². The van der Waals surface area contributed by atoms with E-state index in [4.69, 9.17) is 9.47 Å². The van der Waals surface area contributed by atoms with Crippen molar-refractivity contribution in [2.75, 3.05) is 18.5 Å². The highest BCUT2D eigenvalue weighted by atomic mass is 16.5. The molecule has 1 fully saturated rings. The van der Waals surface area contributed by atoms with Gasteiger partial charge >= 0.3 is 0 Å². The second-order valence-electron chi connectivity index (χ2n) is 5.80. The minimum Gasteiger partial charge on any atom is -0.376 e. The topological polar surface area (TPSA) is 52.5 Å². The predicted molar refractivity (Wildman–Crippen MR) is 85.9 cm³/mol. The molecule has 22 heavy (non-hydrogen) atoms. The highest BCUT2D eigenvalue weighted by Gasteiger charge is 2.20. The van der Waals surface area contributed by atoms with Gasteiger partial charge in [-0.05, 0) is 43.4 Å². The Hall–Kier alpha value is -1.85. The molecule has 0 spiro atoms. The molecule has 0 saturated carbocycles. The third-order valence-corrected chi connectivity index (χ3v) is 4.08. The fourth-order valence-corrected chi connectivity index (χ4v) is 2.69. The number of benzene rings is 1. The van der Waals surface area contributed by atoms with E-state index < -0.39 is 6.10 Å². The molecule has 1 N–H and O–H groups in total. The third kappa shape index (κ3) is 3.31. The first-order valence-electron chi connectivity index (χ1n) is 7.72. The smallest absolute Gasteiger partial charge is 0.253 e. The SMILES string of the molecule is CC(OCC1CCCO1)C(=O)Nc1ccc2ccn(C)c2c1. The molecule has 2 unspecified atom stereocenters. The van der Waals surface area contributed by atoms with Crippen molar-refractivity contribution in [1.82, 2.24) is 4.57 Å². The number of carbonyl (C=O) groups excluding carboxylic acids is 1. The highest BCUT2D eigenvalue weighted by molar-refractivity contribution is 5.96. The molecule has 1 aromatic carbocycles. The molecule has 1 amide bonds. The number of amides is 1. The Morgan fingerprint density at radius 1 is 1.50 bits per heavy atom. The van der Waals surface area contributed by atoms with Gasteiger partial charge in [-0.2, -0.15) is 0 Å². The van der Waals surface area contributed by atoms with Gasteiger partial charge in [-0.25, -0.2) is 0 Å². The van der Waals surface area contributed by atoms with Gasteiger partial charge in [-0.3, -0.25) is 4.79 Å². The monoisotopic (exact) mass is 302 g/mol. The molecule has 2 heterocycles. The zero-order valence-electron chi connectivity index (χ0n) is 13.0. The van der Waals surface area contributed by atoms with Crippen LogP contribution in [-0.4, -0.2) is 35.9 Å². The number of aryl methyl sites for hydroxylation is 1. The van der Waals surface area contributed by atoms with Crippen molar-refractivity contribution in [3.63, 3.8) is 0 Å². The van der Waals surface area contributed by atoms with E-state index in [-0.39, 0.29) is 12.0 Å². The van der Waals surface area contributed by atoms with Crippen molar-refractivity contribution in [2.24, 2.45) is 7.05 Å². The van der Waals surface area contributed by atoms with Crippen LogP contribution in [0.2, 0.25) is 0 Å². The van der Waals surface area contributed by atoms with Gasteiger partial charge in [-0.15, -0.1) is 0 Å². The summed E-state index contributed by atoms with van der Waals surface area (Å²) >= 11 is 0. The maximum Gasteiger partial charge on any atom is 0.253 e. The average molecular weight is 302 g/mol. The lowest BCUT2D eigenvalue weighted by molar-refractivity contribution is -0.128. The number of nitrogens with zero attached hydrogens (tertiary/aromatic N) is 1. The predicted octanol–water partition coefficient (Wildman–Crippen LogP) is 2.70. The Kier molecular flexibility index (Phi) is 4.45.